The van der Waals surface area contributed by atoms with Crippen LogP contribution in [0.1, 0.15) is 5.56 Å². The Morgan fingerprint density at radius 3 is 2.79 bits per heavy atom. The van der Waals surface area contributed by atoms with Crippen LogP contribution in [-0.2, 0) is 11.2 Å². The number of benzene rings is 2. The number of hydrogen-bond acceptors (Lipinski definition) is 6. The fraction of sp³-hybridized carbons (Fsp3) is 0.158. The van der Waals surface area contributed by atoms with Crippen LogP contribution in [0.4, 0.5) is 11.4 Å². The molecule has 0 spiro atoms. The number of hydrogen-bond donors (Lipinski definition) is 2. The third kappa shape index (κ3) is 5.46. The summed E-state index contributed by atoms with van der Waals surface area (Å²) in [5.41, 5.74) is 0.619. The zero-order chi connectivity index (χ0) is 20.5. The van der Waals surface area contributed by atoms with Gasteiger partial charge in [-0.2, -0.15) is 5.26 Å². The SMILES string of the molecule is COc1ccccc1CCN/C=C(/C#N)C(=O)Nc1cc([N+](=O)[O-])ccc1Cl. The molecule has 2 rings (SSSR count). The summed E-state index contributed by atoms with van der Waals surface area (Å²) in [6.45, 7) is 0.469. The van der Waals surface area contributed by atoms with E-state index in [1.807, 2.05) is 24.3 Å². The van der Waals surface area contributed by atoms with Gasteiger partial charge in [-0.15, -0.1) is 0 Å². The van der Waals surface area contributed by atoms with Crippen LogP contribution < -0.4 is 15.4 Å². The van der Waals surface area contributed by atoms with Crippen molar-refractivity contribution in [1.29, 1.82) is 5.26 Å². The van der Waals surface area contributed by atoms with E-state index in [0.717, 1.165) is 17.4 Å². The van der Waals surface area contributed by atoms with Crippen molar-refractivity contribution in [2.75, 3.05) is 19.0 Å². The van der Waals surface area contributed by atoms with Crippen molar-refractivity contribution in [3.05, 3.63) is 74.9 Å². The molecule has 0 aliphatic rings. The largest absolute Gasteiger partial charge is 0.496 e. The molecule has 0 aliphatic carbocycles. The topological polar surface area (TPSA) is 117 Å². The molecule has 2 aromatic rings. The molecular weight excluding hydrogens is 384 g/mol. The molecular formula is C19H17ClN4O4. The van der Waals surface area contributed by atoms with Gasteiger partial charge in [0.1, 0.15) is 17.4 Å². The zero-order valence-corrected chi connectivity index (χ0v) is 15.7. The molecule has 0 fully saturated rings. The highest BCUT2D eigenvalue weighted by Crippen LogP contribution is 2.27. The van der Waals surface area contributed by atoms with Gasteiger partial charge in [-0.05, 0) is 24.1 Å². The molecule has 1 amide bonds. The van der Waals surface area contributed by atoms with E-state index in [1.165, 1.54) is 18.3 Å². The fourth-order valence-electron chi connectivity index (χ4n) is 2.35. The average Bonchev–Trinajstić information content (AvgIpc) is 2.69. The standard InChI is InChI=1S/C19H17ClN4O4/c1-28-18-5-3-2-4-13(18)8-9-22-12-14(11-21)19(25)23-17-10-15(24(26)27)6-7-16(17)20/h2-7,10,12,22H,8-9H2,1H3,(H,23,25)/b14-12-. The molecule has 144 valence electrons. The number of nitrogens with one attached hydrogen (secondary N) is 2. The molecule has 0 atom stereocenters. The first-order valence-electron chi connectivity index (χ1n) is 8.17. The van der Waals surface area contributed by atoms with Crippen LogP contribution in [0.2, 0.25) is 5.02 Å². The summed E-state index contributed by atoms with van der Waals surface area (Å²) in [5, 5.41) is 25.5. The van der Waals surface area contributed by atoms with E-state index >= 15 is 0 Å². The summed E-state index contributed by atoms with van der Waals surface area (Å²) in [6, 6.07) is 13.0. The van der Waals surface area contributed by atoms with Crippen LogP contribution in [0.5, 0.6) is 5.75 Å². The van der Waals surface area contributed by atoms with Gasteiger partial charge in [-0.3, -0.25) is 14.9 Å². The highest BCUT2D eigenvalue weighted by atomic mass is 35.5. The van der Waals surface area contributed by atoms with Crippen LogP contribution in [0.3, 0.4) is 0 Å². The lowest BCUT2D eigenvalue weighted by Gasteiger charge is -2.09. The van der Waals surface area contributed by atoms with Gasteiger partial charge in [0, 0.05) is 24.9 Å². The summed E-state index contributed by atoms with van der Waals surface area (Å²) < 4.78 is 5.27. The maximum atomic E-state index is 12.3. The number of anilines is 1. The molecule has 0 heterocycles. The number of carbonyl (C=O) groups excluding carboxylic acids is 1. The van der Waals surface area contributed by atoms with Gasteiger partial charge < -0.3 is 15.4 Å². The molecule has 0 bridgehead atoms. The van der Waals surface area contributed by atoms with Crippen LogP contribution >= 0.6 is 11.6 Å². The summed E-state index contributed by atoms with van der Waals surface area (Å²) in [4.78, 5) is 22.5. The number of halogens is 1. The molecule has 0 saturated heterocycles. The molecule has 2 N–H and O–H groups in total. The Morgan fingerprint density at radius 2 is 2.11 bits per heavy atom. The molecule has 8 nitrogen and oxygen atoms in total. The van der Waals surface area contributed by atoms with Gasteiger partial charge in [-0.1, -0.05) is 29.8 Å². The number of ether oxygens (including phenoxy) is 1. The van der Waals surface area contributed by atoms with Crippen LogP contribution in [0.25, 0.3) is 0 Å². The predicted octanol–water partition coefficient (Wildman–Crippen LogP) is 3.44. The third-order valence-corrected chi connectivity index (χ3v) is 4.08. The second-order valence-corrected chi connectivity index (χ2v) is 5.97. The lowest BCUT2D eigenvalue weighted by molar-refractivity contribution is -0.384. The first-order valence-corrected chi connectivity index (χ1v) is 8.55. The Kier molecular flexibility index (Phi) is 7.37. The first-order chi connectivity index (χ1) is 13.5. The maximum absolute atomic E-state index is 12.3. The van der Waals surface area contributed by atoms with E-state index in [0.29, 0.717) is 13.0 Å². The second-order valence-electron chi connectivity index (χ2n) is 5.56. The van der Waals surface area contributed by atoms with Crippen molar-refractivity contribution in [2.45, 2.75) is 6.42 Å². The van der Waals surface area contributed by atoms with E-state index in [2.05, 4.69) is 10.6 Å². The van der Waals surface area contributed by atoms with Crippen LogP contribution in [-0.4, -0.2) is 24.5 Å². The molecule has 0 aliphatic heterocycles. The predicted molar refractivity (Wildman–Crippen MR) is 105 cm³/mol. The van der Waals surface area contributed by atoms with Crippen molar-refractivity contribution < 1.29 is 14.5 Å². The second kappa shape index (κ2) is 9.94. The molecule has 0 aromatic heterocycles. The number of nitro benzene ring substituents is 1. The highest BCUT2D eigenvalue weighted by Gasteiger charge is 2.15. The Bertz CT molecular complexity index is 953. The van der Waals surface area contributed by atoms with Gasteiger partial charge in [0.15, 0.2) is 0 Å². The number of methoxy groups -OCH3 is 1. The number of nitriles is 1. The summed E-state index contributed by atoms with van der Waals surface area (Å²) in [5.74, 6) is 0.0292. The number of nitrogens with zero attached hydrogens (tertiary/aromatic N) is 2. The third-order valence-electron chi connectivity index (χ3n) is 3.75. The van der Waals surface area contributed by atoms with E-state index in [4.69, 9.17) is 16.3 Å². The summed E-state index contributed by atoms with van der Waals surface area (Å²) in [6.07, 6.45) is 1.91. The normalized spacial score (nSPS) is 10.7. The van der Waals surface area contributed by atoms with Crippen molar-refractivity contribution >= 4 is 28.9 Å². The van der Waals surface area contributed by atoms with E-state index in [-0.39, 0.29) is 22.0 Å². The fourth-order valence-corrected chi connectivity index (χ4v) is 2.52. The quantitative estimate of drug-likeness (QED) is 0.230. The van der Waals surface area contributed by atoms with Crippen LogP contribution in [0.15, 0.2) is 54.2 Å². The summed E-state index contributed by atoms with van der Waals surface area (Å²) in [7, 11) is 1.59. The molecule has 9 heteroatoms. The van der Waals surface area contributed by atoms with E-state index in [1.54, 1.807) is 13.2 Å². The van der Waals surface area contributed by atoms with Crippen molar-refractivity contribution in [3.8, 4) is 11.8 Å². The van der Waals surface area contributed by atoms with Crippen LogP contribution in [0, 0.1) is 21.4 Å². The average molecular weight is 401 g/mol. The number of amides is 1. The number of carbonyl (C=O) groups is 1. The number of para-hydroxylation sites is 1. The minimum atomic E-state index is -0.727. The van der Waals surface area contributed by atoms with E-state index in [9.17, 15) is 20.2 Å². The van der Waals surface area contributed by atoms with Gasteiger partial charge >= 0.3 is 0 Å². The number of non-ortho nitro benzene ring substituents is 1. The number of nitro groups is 1. The Hall–Kier alpha value is -3.57. The van der Waals surface area contributed by atoms with Gasteiger partial charge in [-0.25, -0.2) is 0 Å². The lowest BCUT2D eigenvalue weighted by atomic mass is 10.1. The number of rotatable bonds is 8. The van der Waals surface area contributed by atoms with Gasteiger partial charge in [0.2, 0.25) is 0 Å². The zero-order valence-electron chi connectivity index (χ0n) is 14.9. The Labute approximate surface area is 166 Å². The maximum Gasteiger partial charge on any atom is 0.271 e. The Morgan fingerprint density at radius 1 is 1.36 bits per heavy atom. The smallest absolute Gasteiger partial charge is 0.271 e. The minimum absolute atomic E-state index is 0.0519. The lowest BCUT2D eigenvalue weighted by Crippen LogP contribution is -2.18. The minimum Gasteiger partial charge on any atom is -0.496 e. The molecule has 28 heavy (non-hydrogen) atoms. The highest BCUT2D eigenvalue weighted by molar-refractivity contribution is 6.34. The molecule has 2 aromatic carbocycles. The Balaban J connectivity index is 2.00. The van der Waals surface area contributed by atoms with Gasteiger partial charge in [0.25, 0.3) is 11.6 Å². The molecule has 0 radical (unpaired) electrons. The molecule has 0 saturated carbocycles. The van der Waals surface area contributed by atoms with Crippen molar-refractivity contribution in [2.24, 2.45) is 0 Å². The monoisotopic (exact) mass is 400 g/mol. The summed E-state index contributed by atoms with van der Waals surface area (Å²) >= 11 is 5.95. The van der Waals surface area contributed by atoms with Crippen molar-refractivity contribution in [3.63, 3.8) is 0 Å². The van der Waals surface area contributed by atoms with E-state index < -0.39 is 10.8 Å². The van der Waals surface area contributed by atoms with Gasteiger partial charge in [0.05, 0.1) is 22.7 Å². The first kappa shape index (κ1) is 20.7. The molecule has 0 unspecified atom stereocenters. The van der Waals surface area contributed by atoms with Crippen molar-refractivity contribution in [1.82, 2.24) is 5.32 Å².